The third kappa shape index (κ3) is 6.44. The number of benzene rings is 1. The van der Waals surface area contributed by atoms with Crippen molar-refractivity contribution in [3.05, 3.63) is 48.0 Å². The van der Waals surface area contributed by atoms with E-state index in [1.165, 1.54) is 50.5 Å². The van der Waals surface area contributed by atoms with Crippen LogP contribution in [0.2, 0.25) is 0 Å². The third-order valence-corrected chi connectivity index (χ3v) is 2.74. The molecule has 0 aliphatic rings. The summed E-state index contributed by atoms with van der Waals surface area (Å²) in [5.41, 5.74) is 1.19. The highest BCUT2D eigenvalue weighted by atomic mass is 13.9. The van der Waals surface area contributed by atoms with Gasteiger partial charge in [-0.3, -0.25) is 0 Å². The lowest BCUT2D eigenvalue weighted by atomic mass is 10.1. The molecule has 1 radical (unpaired) electrons. The summed E-state index contributed by atoms with van der Waals surface area (Å²) >= 11 is 0. The Labute approximate surface area is 100 Å². The van der Waals surface area contributed by atoms with Crippen LogP contribution in [-0.4, -0.2) is 0 Å². The molecule has 0 saturated heterocycles. The van der Waals surface area contributed by atoms with Crippen LogP contribution >= 0.6 is 0 Å². The molecule has 0 aromatic heterocycles. The van der Waals surface area contributed by atoms with Gasteiger partial charge < -0.3 is 0 Å². The Morgan fingerprint density at radius 2 is 1.62 bits per heavy atom. The van der Waals surface area contributed by atoms with Gasteiger partial charge >= 0.3 is 0 Å². The smallest absolute Gasteiger partial charge is 0.0149 e. The van der Waals surface area contributed by atoms with Crippen LogP contribution in [-0.2, 0) is 0 Å². The fourth-order valence-corrected chi connectivity index (χ4v) is 1.75. The molecule has 0 saturated carbocycles. The fourth-order valence-electron chi connectivity index (χ4n) is 1.75. The molecule has 87 valence electrons. The maximum absolute atomic E-state index is 3.32. The van der Waals surface area contributed by atoms with Crippen molar-refractivity contribution in [2.75, 3.05) is 0 Å². The first-order valence-corrected chi connectivity index (χ1v) is 6.56. The molecule has 0 atom stereocenters. The van der Waals surface area contributed by atoms with Crippen LogP contribution in [0, 0.1) is 6.08 Å². The van der Waals surface area contributed by atoms with Crippen LogP contribution in [0.5, 0.6) is 0 Å². The minimum absolute atomic E-state index is 1.17. The van der Waals surface area contributed by atoms with Gasteiger partial charge in [0.2, 0.25) is 0 Å². The summed E-state index contributed by atoms with van der Waals surface area (Å²) in [4.78, 5) is 0. The van der Waals surface area contributed by atoms with Gasteiger partial charge in [-0.15, -0.1) is 0 Å². The third-order valence-electron chi connectivity index (χ3n) is 2.74. The van der Waals surface area contributed by atoms with Crippen molar-refractivity contribution in [3.8, 4) is 0 Å². The van der Waals surface area contributed by atoms with E-state index in [4.69, 9.17) is 0 Å². The Bertz CT molecular complexity index is 271. The molecule has 1 aromatic carbocycles. The number of hydrogen-bond donors (Lipinski definition) is 0. The van der Waals surface area contributed by atoms with E-state index >= 15 is 0 Å². The molecule has 0 aliphatic heterocycles. The average molecular weight is 215 g/mol. The predicted molar refractivity (Wildman–Crippen MR) is 71.4 cm³/mol. The Morgan fingerprint density at radius 3 is 2.38 bits per heavy atom. The Balaban J connectivity index is 2.01. The summed E-state index contributed by atoms with van der Waals surface area (Å²) in [6.07, 6.45) is 14.9. The number of hydrogen-bond acceptors (Lipinski definition) is 0. The zero-order chi connectivity index (χ0) is 11.5. The van der Waals surface area contributed by atoms with Gasteiger partial charge in [0.15, 0.2) is 0 Å². The summed E-state index contributed by atoms with van der Waals surface area (Å²) < 4.78 is 0. The summed E-state index contributed by atoms with van der Waals surface area (Å²) in [5, 5.41) is 0. The van der Waals surface area contributed by atoms with Crippen LogP contribution in [0.15, 0.2) is 36.4 Å². The van der Waals surface area contributed by atoms with E-state index in [9.17, 15) is 0 Å². The highest BCUT2D eigenvalue weighted by Gasteiger charge is 1.88. The van der Waals surface area contributed by atoms with Crippen molar-refractivity contribution >= 4 is 0 Å². The topological polar surface area (TPSA) is 0 Å². The normalized spacial score (nSPS) is 11.1. The molecule has 0 bridgehead atoms. The molecule has 1 aromatic rings. The Morgan fingerprint density at radius 1 is 0.938 bits per heavy atom. The van der Waals surface area contributed by atoms with E-state index in [-0.39, 0.29) is 0 Å². The quantitative estimate of drug-likeness (QED) is 0.526. The molecule has 0 spiro atoms. The molecule has 0 nitrogen and oxygen atoms in total. The van der Waals surface area contributed by atoms with Crippen LogP contribution in [0.1, 0.15) is 57.4 Å². The van der Waals surface area contributed by atoms with E-state index in [2.05, 4.69) is 43.3 Å². The second-order valence-electron chi connectivity index (χ2n) is 4.27. The lowest BCUT2D eigenvalue weighted by molar-refractivity contribution is 0.611. The van der Waals surface area contributed by atoms with Gasteiger partial charge in [0.05, 0.1) is 0 Å². The van der Waals surface area contributed by atoms with Gasteiger partial charge in [0, 0.05) is 0 Å². The van der Waals surface area contributed by atoms with Crippen LogP contribution in [0.3, 0.4) is 0 Å². The van der Waals surface area contributed by atoms with Crippen molar-refractivity contribution < 1.29 is 0 Å². The first kappa shape index (κ1) is 13.0. The summed E-state index contributed by atoms with van der Waals surface area (Å²) in [6, 6.07) is 10.3. The minimum atomic E-state index is 1.17. The van der Waals surface area contributed by atoms with Crippen molar-refractivity contribution in [2.45, 2.75) is 51.9 Å². The molecule has 0 unspecified atom stereocenters. The maximum atomic E-state index is 3.32. The lowest BCUT2D eigenvalue weighted by Gasteiger charge is -1.97. The van der Waals surface area contributed by atoms with E-state index in [0.717, 1.165) is 0 Å². The molecule has 0 heterocycles. The molecule has 1 rings (SSSR count). The molecule has 0 fully saturated rings. The van der Waals surface area contributed by atoms with Gasteiger partial charge in [-0.25, -0.2) is 0 Å². The number of unbranched alkanes of at least 4 members (excludes halogenated alkanes) is 6. The summed E-state index contributed by atoms with van der Waals surface area (Å²) in [5.74, 6) is 0. The van der Waals surface area contributed by atoms with Gasteiger partial charge in [-0.2, -0.15) is 0 Å². The molecule has 0 amide bonds. The molecule has 16 heavy (non-hydrogen) atoms. The maximum Gasteiger partial charge on any atom is -0.0149 e. The Hall–Kier alpha value is -1.04. The van der Waals surface area contributed by atoms with E-state index in [0.29, 0.717) is 0 Å². The lowest BCUT2D eigenvalue weighted by Crippen LogP contribution is -1.78. The van der Waals surface area contributed by atoms with Gasteiger partial charge in [-0.05, 0) is 24.5 Å². The number of allylic oxidation sites excluding steroid dienone is 1. The van der Waals surface area contributed by atoms with Crippen molar-refractivity contribution in [1.29, 1.82) is 0 Å². The van der Waals surface area contributed by atoms with E-state index in [1.807, 2.05) is 6.07 Å². The number of rotatable bonds is 8. The highest BCUT2D eigenvalue weighted by Crippen LogP contribution is 2.07. The second-order valence-corrected chi connectivity index (χ2v) is 4.27. The molecule has 0 N–H and O–H groups in total. The van der Waals surface area contributed by atoms with Gasteiger partial charge in [0.25, 0.3) is 0 Å². The van der Waals surface area contributed by atoms with Crippen LogP contribution in [0.25, 0.3) is 0 Å². The monoisotopic (exact) mass is 215 g/mol. The van der Waals surface area contributed by atoms with Crippen LogP contribution < -0.4 is 0 Å². The molecule has 0 heteroatoms. The van der Waals surface area contributed by atoms with Crippen LogP contribution in [0.4, 0.5) is 0 Å². The predicted octanol–water partition coefficient (Wildman–Crippen LogP) is 5.14. The summed E-state index contributed by atoms with van der Waals surface area (Å²) in [6.45, 7) is 2.26. The van der Waals surface area contributed by atoms with Gasteiger partial charge in [0.1, 0.15) is 0 Å². The molecular weight excluding hydrogens is 192 g/mol. The first-order valence-electron chi connectivity index (χ1n) is 6.56. The SMILES string of the molecule is CCCCCCCC/C=[C]\c1ccccc1. The summed E-state index contributed by atoms with van der Waals surface area (Å²) in [7, 11) is 0. The largest absolute Gasteiger partial charge is 0.0760 e. The van der Waals surface area contributed by atoms with Crippen molar-refractivity contribution in [2.24, 2.45) is 0 Å². The average Bonchev–Trinajstić information content (AvgIpc) is 2.34. The zero-order valence-electron chi connectivity index (χ0n) is 10.4. The molecule has 0 aliphatic carbocycles. The second kappa shape index (κ2) is 9.21. The van der Waals surface area contributed by atoms with E-state index < -0.39 is 0 Å². The first-order chi connectivity index (χ1) is 7.93. The zero-order valence-corrected chi connectivity index (χ0v) is 10.4. The molecular formula is C16H23. The standard InChI is InChI=1S/C16H23/c1-2-3-4-5-6-7-8-10-13-16-14-11-9-12-15-16/h9-12,14-15H,2-8H2,1H3. The fraction of sp³-hybridized carbons (Fsp3) is 0.500. The minimum Gasteiger partial charge on any atom is -0.0760 e. The highest BCUT2D eigenvalue weighted by molar-refractivity contribution is 5.21. The van der Waals surface area contributed by atoms with Crippen molar-refractivity contribution in [1.82, 2.24) is 0 Å². The van der Waals surface area contributed by atoms with Crippen molar-refractivity contribution in [3.63, 3.8) is 0 Å². The van der Waals surface area contributed by atoms with E-state index in [1.54, 1.807) is 0 Å². The van der Waals surface area contributed by atoms with Gasteiger partial charge in [-0.1, -0.05) is 75.4 Å². The Kier molecular flexibility index (Phi) is 7.49.